The van der Waals surface area contributed by atoms with Crippen molar-refractivity contribution in [3.63, 3.8) is 0 Å². The number of carbonyl (C=O) groups excluding carboxylic acids is 1. The van der Waals surface area contributed by atoms with Gasteiger partial charge in [-0.25, -0.2) is 4.98 Å². The molecule has 4 aromatic rings. The van der Waals surface area contributed by atoms with Crippen LogP contribution in [-0.4, -0.2) is 21.3 Å². The Kier molecular flexibility index (Phi) is 5.27. The molecule has 7 heteroatoms. The average molecular weight is 407 g/mol. The summed E-state index contributed by atoms with van der Waals surface area (Å²) in [4.78, 5) is 29.7. The van der Waals surface area contributed by atoms with Crippen molar-refractivity contribution in [1.29, 1.82) is 0 Å². The molecule has 0 saturated carbocycles. The van der Waals surface area contributed by atoms with Gasteiger partial charge in [0.25, 0.3) is 5.56 Å². The van der Waals surface area contributed by atoms with E-state index in [-0.39, 0.29) is 11.3 Å². The van der Waals surface area contributed by atoms with Gasteiger partial charge in [-0.15, -0.1) is 11.3 Å². The second kappa shape index (κ2) is 8.00. The van der Waals surface area contributed by atoms with Gasteiger partial charge in [0.1, 0.15) is 4.70 Å². The van der Waals surface area contributed by atoms with Crippen LogP contribution in [0.4, 0.5) is 0 Å². The summed E-state index contributed by atoms with van der Waals surface area (Å²) in [6, 6.07) is 21.2. The van der Waals surface area contributed by atoms with E-state index in [1.54, 1.807) is 0 Å². The van der Waals surface area contributed by atoms with E-state index < -0.39 is 5.97 Å². The van der Waals surface area contributed by atoms with Gasteiger partial charge < -0.3 is 9.90 Å². The average Bonchev–Trinajstić information content (AvgIpc) is 3.15. The predicted octanol–water partition coefficient (Wildman–Crippen LogP) is 3.02. The highest BCUT2D eigenvalue weighted by Crippen LogP contribution is 2.32. The number of carboxylic acids is 1. The number of thiophene rings is 1. The lowest BCUT2D eigenvalue weighted by Gasteiger charge is -2.12. The summed E-state index contributed by atoms with van der Waals surface area (Å²) >= 11 is 2.40. The van der Waals surface area contributed by atoms with E-state index in [2.05, 4.69) is 4.98 Å². The van der Waals surface area contributed by atoms with Gasteiger partial charge in [-0.05, 0) is 17.2 Å². The van der Waals surface area contributed by atoms with Crippen LogP contribution in [0.2, 0.25) is 0 Å². The molecule has 2 aromatic carbocycles. The maximum Gasteiger partial charge on any atom is 0.272 e. The van der Waals surface area contributed by atoms with E-state index in [9.17, 15) is 14.7 Å². The maximum absolute atomic E-state index is 13.2. The van der Waals surface area contributed by atoms with Crippen LogP contribution in [0, 0.1) is 0 Å². The number of thioether (sulfide) groups is 1. The lowest BCUT2D eigenvalue weighted by Crippen LogP contribution is -2.27. The molecule has 140 valence electrons. The topological polar surface area (TPSA) is 75.0 Å². The Morgan fingerprint density at radius 3 is 2.43 bits per heavy atom. The molecule has 0 aliphatic rings. The quantitative estimate of drug-likeness (QED) is 0.363. The zero-order valence-electron chi connectivity index (χ0n) is 14.7. The third-order valence-electron chi connectivity index (χ3n) is 4.16. The fourth-order valence-corrected chi connectivity index (χ4v) is 4.64. The Morgan fingerprint density at radius 2 is 1.75 bits per heavy atom. The molecule has 0 aliphatic carbocycles. The second-order valence-electron chi connectivity index (χ2n) is 6.12. The number of benzene rings is 2. The van der Waals surface area contributed by atoms with Crippen molar-refractivity contribution >= 4 is 39.3 Å². The Balaban J connectivity index is 1.84. The van der Waals surface area contributed by atoms with Crippen LogP contribution in [0.5, 0.6) is 0 Å². The van der Waals surface area contributed by atoms with E-state index in [4.69, 9.17) is 0 Å². The fraction of sp³-hybridized carbons (Fsp3) is 0.0952. The monoisotopic (exact) mass is 407 g/mol. The van der Waals surface area contributed by atoms with Crippen molar-refractivity contribution in [2.24, 2.45) is 0 Å². The molecule has 2 heterocycles. The van der Waals surface area contributed by atoms with E-state index in [0.717, 1.165) is 27.8 Å². The van der Waals surface area contributed by atoms with Crippen LogP contribution in [0.1, 0.15) is 5.56 Å². The first-order valence-electron chi connectivity index (χ1n) is 8.58. The van der Waals surface area contributed by atoms with Crippen LogP contribution in [0.3, 0.4) is 0 Å². The Morgan fingerprint density at radius 1 is 1.07 bits per heavy atom. The number of carbonyl (C=O) groups is 1. The zero-order valence-corrected chi connectivity index (χ0v) is 16.3. The fourth-order valence-electron chi connectivity index (χ4n) is 2.87. The van der Waals surface area contributed by atoms with Crippen molar-refractivity contribution in [3.8, 4) is 10.4 Å². The van der Waals surface area contributed by atoms with Gasteiger partial charge in [-0.1, -0.05) is 72.4 Å². The highest BCUT2D eigenvalue weighted by atomic mass is 32.2. The Bertz CT molecular complexity index is 1180. The summed E-state index contributed by atoms with van der Waals surface area (Å²) < 4.78 is 2.10. The molecule has 0 unspecified atom stereocenters. The summed E-state index contributed by atoms with van der Waals surface area (Å²) in [6.45, 7) is 0.330. The van der Waals surface area contributed by atoms with Crippen LogP contribution in [0.25, 0.3) is 20.7 Å². The minimum atomic E-state index is -1.19. The molecular formula is C21H15N2O3S2-. The van der Waals surface area contributed by atoms with Crippen LogP contribution >= 0.6 is 23.1 Å². The second-order valence-corrected chi connectivity index (χ2v) is 8.12. The molecule has 5 nitrogen and oxygen atoms in total. The molecule has 0 spiro atoms. The lowest BCUT2D eigenvalue weighted by molar-refractivity contribution is -0.301. The van der Waals surface area contributed by atoms with Gasteiger partial charge in [0.05, 0.1) is 18.0 Å². The summed E-state index contributed by atoms with van der Waals surface area (Å²) in [5, 5.41) is 11.3. The van der Waals surface area contributed by atoms with Crippen molar-refractivity contribution in [1.82, 2.24) is 9.55 Å². The molecule has 0 fully saturated rings. The number of nitrogens with zero attached hydrogens (tertiary/aromatic N) is 2. The molecule has 4 rings (SSSR count). The van der Waals surface area contributed by atoms with Gasteiger partial charge in [0.2, 0.25) is 0 Å². The molecule has 0 atom stereocenters. The largest absolute Gasteiger partial charge is 0.549 e. The Labute approximate surface area is 169 Å². The number of fused-ring (bicyclic) bond motifs is 1. The van der Waals surface area contributed by atoms with Gasteiger partial charge in [0, 0.05) is 10.6 Å². The van der Waals surface area contributed by atoms with E-state index in [0.29, 0.717) is 21.9 Å². The van der Waals surface area contributed by atoms with E-state index >= 15 is 0 Å². The molecular weight excluding hydrogens is 392 g/mol. The third-order valence-corrected chi connectivity index (χ3v) is 6.27. The van der Waals surface area contributed by atoms with Crippen LogP contribution in [0.15, 0.2) is 76.7 Å². The van der Waals surface area contributed by atoms with Gasteiger partial charge in [0.15, 0.2) is 5.16 Å². The Hall–Kier alpha value is -2.90. The molecule has 0 amide bonds. The maximum atomic E-state index is 13.2. The molecule has 2 aromatic heterocycles. The lowest BCUT2D eigenvalue weighted by atomic mass is 10.2. The van der Waals surface area contributed by atoms with Crippen molar-refractivity contribution < 1.29 is 9.90 Å². The van der Waals surface area contributed by atoms with Gasteiger partial charge >= 0.3 is 0 Å². The molecule has 0 N–H and O–H groups in total. The molecule has 0 aliphatic heterocycles. The number of aliphatic carboxylic acids is 1. The first-order chi connectivity index (χ1) is 13.6. The number of hydrogen-bond donors (Lipinski definition) is 0. The number of hydrogen-bond acceptors (Lipinski definition) is 6. The molecule has 0 bridgehead atoms. The van der Waals surface area contributed by atoms with E-state index in [1.807, 2.05) is 66.7 Å². The molecule has 0 radical (unpaired) electrons. The number of carboxylic acid groups (broad SMARTS) is 1. The van der Waals surface area contributed by atoms with Crippen LogP contribution in [-0.2, 0) is 11.3 Å². The predicted molar refractivity (Wildman–Crippen MR) is 111 cm³/mol. The van der Waals surface area contributed by atoms with E-state index in [1.165, 1.54) is 15.9 Å². The number of rotatable bonds is 6. The third kappa shape index (κ3) is 3.85. The van der Waals surface area contributed by atoms with Crippen molar-refractivity contribution in [2.45, 2.75) is 11.7 Å². The SMILES string of the molecule is O=C([O-])CSc1nc2cc(-c3ccccc3)sc2c(=O)n1Cc1ccccc1. The molecule has 0 saturated heterocycles. The standard InChI is InChI=1S/C21H16N2O3S2/c24-18(25)13-27-21-22-16-11-17(15-9-5-2-6-10-15)28-19(16)20(26)23(21)12-14-7-3-1-4-8-14/h1-11H,12-13H2,(H,24,25)/p-1. The van der Waals surface area contributed by atoms with Crippen LogP contribution < -0.4 is 10.7 Å². The minimum absolute atomic E-state index is 0.165. The zero-order chi connectivity index (χ0) is 19.5. The highest BCUT2D eigenvalue weighted by Gasteiger charge is 2.16. The first-order valence-corrected chi connectivity index (χ1v) is 10.4. The number of aromatic nitrogens is 2. The highest BCUT2D eigenvalue weighted by molar-refractivity contribution is 7.99. The van der Waals surface area contributed by atoms with Gasteiger partial charge in [-0.3, -0.25) is 9.36 Å². The smallest absolute Gasteiger partial charge is 0.272 e. The molecule has 28 heavy (non-hydrogen) atoms. The van der Waals surface area contributed by atoms with Crippen molar-refractivity contribution in [2.75, 3.05) is 5.75 Å². The summed E-state index contributed by atoms with van der Waals surface area (Å²) in [7, 11) is 0. The minimum Gasteiger partial charge on any atom is -0.549 e. The normalized spacial score (nSPS) is 11.0. The summed E-state index contributed by atoms with van der Waals surface area (Å²) in [5.41, 5.74) is 2.38. The van der Waals surface area contributed by atoms with Crippen molar-refractivity contribution in [3.05, 3.63) is 82.6 Å². The van der Waals surface area contributed by atoms with Gasteiger partial charge in [-0.2, -0.15) is 0 Å². The first kappa shape index (κ1) is 18.5. The summed E-state index contributed by atoms with van der Waals surface area (Å²) in [5.74, 6) is -1.46. The summed E-state index contributed by atoms with van der Waals surface area (Å²) in [6.07, 6.45) is 0.